The largest absolute Gasteiger partial charge is 0.360 e. The van der Waals surface area contributed by atoms with Crippen molar-refractivity contribution in [1.29, 1.82) is 0 Å². The van der Waals surface area contributed by atoms with Crippen LogP contribution in [0, 0.1) is 16.0 Å². The van der Waals surface area contributed by atoms with Crippen molar-refractivity contribution in [3.05, 3.63) is 22.0 Å². The van der Waals surface area contributed by atoms with Gasteiger partial charge in [0.2, 0.25) is 5.92 Å². The van der Waals surface area contributed by atoms with E-state index in [4.69, 9.17) is 4.74 Å². The molecule has 1 heterocycles. The molecule has 0 bridgehead atoms. The molecule has 0 radical (unpaired) electrons. The molecule has 1 saturated carbocycles. The summed E-state index contributed by atoms with van der Waals surface area (Å²) in [6.45, 7) is 7.46. The van der Waals surface area contributed by atoms with Gasteiger partial charge >= 0.3 is 5.69 Å². The normalized spacial score (nSPS) is 20.5. The number of nitrogens with zero attached hydrogens (tertiary/aromatic N) is 3. The lowest BCUT2D eigenvalue weighted by Crippen LogP contribution is -2.22. The van der Waals surface area contributed by atoms with E-state index in [0.717, 1.165) is 6.04 Å². The SMILES string of the molecule is C[Si](C)(C)CCOCn1cc([N+](=O)[O-])c(CC2CCC(F)(F)C2)n1. The van der Waals surface area contributed by atoms with Crippen molar-refractivity contribution in [3.63, 3.8) is 0 Å². The molecule has 24 heavy (non-hydrogen) atoms. The molecule has 1 aromatic rings. The van der Waals surface area contributed by atoms with E-state index in [-0.39, 0.29) is 43.3 Å². The average molecular weight is 361 g/mol. The van der Waals surface area contributed by atoms with Gasteiger partial charge in [0.05, 0.1) is 4.92 Å². The second-order valence-electron chi connectivity index (χ2n) is 7.77. The zero-order valence-electron chi connectivity index (χ0n) is 14.4. The molecular formula is C15H25F2N3O3Si. The number of hydrogen-bond donors (Lipinski definition) is 0. The predicted molar refractivity (Wildman–Crippen MR) is 89.0 cm³/mol. The second-order valence-corrected chi connectivity index (χ2v) is 13.4. The Bertz CT molecular complexity index is 587. The molecule has 6 nitrogen and oxygen atoms in total. The van der Waals surface area contributed by atoms with Gasteiger partial charge in [0.15, 0.2) is 0 Å². The van der Waals surface area contributed by atoms with Crippen LogP contribution in [0.2, 0.25) is 25.7 Å². The van der Waals surface area contributed by atoms with Crippen molar-refractivity contribution >= 4 is 13.8 Å². The van der Waals surface area contributed by atoms with Crippen molar-refractivity contribution in [2.75, 3.05) is 6.61 Å². The average Bonchev–Trinajstić information content (AvgIpc) is 2.97. The number of rotatable bonds is 8. The summed E-state index contributed by atoms with van der Waals surface area (Å²) in [5.74, 6) is -2.91. The van der Waals surface area contributed by atoms with Crippen molar-refractivity contribution in [2.45, 2.75) is 64.0 Å². The standard InChI is InChI=1S/C15H25F2N3O3Si/c1-24(2,3)7-6-23-11-19-10-14(20(21)22)13(18-19)8-12-4-5-15(16,17)9-12/h10,12H,4-9,11H2,1-3H3. The van der Waals surface area contributed by atoms with Gasteiger partial charge in [-0.2, -0.15) is 5.10 Å². The van der Waals surface area contributed by atoms with E-state index in [2.05, 4.69) is 24.7 Å². The minimum absolute atomic E-state index is 0.112. The third-order valence-corrected chi connectivity index (χ3v) is 5.92. The number of nitro groups is 1. The molecule has 9 heteroatoms. The topological polar surface area (TPSA) is 70.2 Å². The first-order chi connectivity index (χ1) is 11.1. The quantitative estimate of drug-likeness (QED) is 0.303. The van der Waals surface area contributed by atoms with Gasteiger partial charge in [0.1, 0.15) is 18.6 Å². The van der Waals surface area contributed by atoms with Crippen LogP contribution in [0.15, 0.2) is 6.20 Å². The minimum Gasteiger partial charge on any atom is -0.360 e. The van der Waals surface area contributed by atoms with Gasteiger partial charge in [0, 0.05) is 33.9 Å². The predicted octanol–water partition coefficient (Wildman–Crippen LogP) is 4.08. The van der Waals surface area contributed by atoms with E-state index in [1.807, 2.05) is 0 Å². The highest BCUT2D eigenvalue weighted by Crippen LogP contribution is 2.40. The van der Waals surface area contributed by atoms with E-state index in [9.17, 15) is 18.9 Å². The summed E-state index contributed by atoms with van der Waals surface area (Å²) < 4.78 is 33.5. The summed E-state index contributed by atoms with van der Waals surface area (Å²) >= 11 is 0. The molecule has 0 amide bonds. The van der Waals surface area contributed by atoms with Crippen LogP contribution in [0.5, 0.6) is 0 Å². The molecule has 1 atom stereocenters. The third kappa shape index (κ3) is 5.62. The third-order valence-electron chi connectivity index (χ3n) is 4.22. The first kappa shape index (κ1) is 19.0. The summed E-state index contributed by atoms with van der Waals surface area (Å²) in [6.07, 6.45) is 1.56. The molecule has 1 fully saturated rings. The van der Waals surface area contributed by atoms with Gasteiger partial charge in [0.25, 0.3) is 0 Å². The van der Waals surface area contributed by atoms with Crippen molar-refractivity contribution in [1.82, 2.24) is 9.78 Å². The number of aromatic nitrogens is 2. The van der Waals surface area contributed by atoms with Crippen molar-refractivity contribution in [3.8, 4) is 0 Å². The van der Waals surface area contributed by atoms with Gasteiger partial charge in [-0.1, -0.05) is 19.6 Å². The Morgan fingerprint density at radius 3 is 2.75 bits per heavy atom. The lowest BCUT2D eigenvalue weighted by Gasteiger charge is -2.15. The summed E-state index contributed by atoms with van der Waals surface area (Å²) in [7, 11) is -1.19. The van der Waals surface area contributed by atoms with Gasteiger partial charge in [-0.3, -0.25) is 10.1 Å². The number of halogens is 2. The molecule has 2 rings (SSSR count). The Morgan fingerprint density at radius 2 is 2.21 bits per heavy atom. The second kappa shape index (κ2) is 7.26. The highest BCUT2D eigenvalue weighted by molar-refractivity contribution is 6.76. The zero-order valence-corrected chi connectivity index (χ0v) is 15.4. The van der Waals surface area contributed by atoms with E-state index in [1.54, 1.807) is 0 Å². The van der Waals surface area contributed by atoms with Crippen LogP contribution in [0.4, 0.5) is 14.5 Å². The molecule has 0 N–H and O–H groups in total. The van der Waals surface area contributed by atoms with Crippen LogP contribution in [0.25, 0.3) is 0 Å². The fraction of sp³-hybridized carbons (Fsp3) is 0.800. The van der Waals surface area contributed by atoms with Crippen LogP contribution in [-0.2, 0) is 17.9 Å². The summed E-state index contributed by atoms with van der Waals surface area (Å²) in [5, 5.41) is 15.4. The van der Waals surface area contributed by atoms with Crippen LogP contribution in [0.3, 0.4) is 0 Å². The van der Waals surface area contributed by atoms with E-state index in [0.29, 0.717) is 13.0 Å². The van der Waals surface area contributed by atoms with Crippen molar-refractivity contribution in [2.24, 2.45) is 5.92 Å². The minimum atomic E-state index is -2.65. The van der Waals surface area contributed by atoms with Crippen LogP contribution in [-0.4, -0.2) is 35.3 Å². The molecule has 0 saturated heterocycles. The molecule has 0 aromatic carbocycles. The highest BCUT2D eigenvalue weighted by atomic mass is 28.3. The maximum atomic E-state index is 13.3. The van der Waals surface area contributed by atoms with Gasteiger partial charge < -0.3 is 4.74 Å². The lowest BCUT2D eigenvalue weighted by atomic mass is 10.0. The van der Waals surface area contributed by atoms with E-state index < -0.39 is 18.9 Å². The van der Waals surface area contributed by atoms with E-state index in [1.165, 1.54) is 10.9 Å². The summed E-state index contributed by atoms with van der Waals surface area (Å²) in [5.41, 5.74) is 0.163. The molecule has 1 aliphatic rings. The first-order valence-electron chi connectivity index (χ1n) is 8.22. The Hall–Kier alpha value is -1.35. The molecule has 136 valence electrons. The number of ether oxygens (including phenoxy) is 1. The maximum absolute atomic E-state index is 13.3. The fourth-order valence-corrected chi connectivity index (χ4v) is 3.60. The number of alkyl halides is 2. The molecule has 0 aliphatic heterocycles. The Balaban J connectivity index is 1.95. The first-order valence-corrected chi connectivity index (χ1v) is 11.9. The van der Waals surface area contributed by atoms with Gasteiger partial charge in [-0.05, 0) is 18.4 Å². The Kier molecular flexibility index (Phi) is 5.74. The highest BCUT2D eigenvalue weighted by Gasteiger charge is 2.40. The van der Waals surface area contributed by atoms with Crippen LogP contribution < -0.4 is 0 Å². The number of hydrogen-bond acceptors (Lipinski definition) is 4. The monoisotopic (exact) mass is 361 g/mol. The van der Waals surface area contributed by atoms with Crippen molar-refractivity contribution < 1.29 is 18.4 Å². The van der Waals surface area contributed by atoms with Crippen LogP contribution >= 0.6 is 0 Å². The molecule has 0 spiro atoms. The molecule has 1 aliphatic carbocycles. The molecular weight excluding hydrogens is 336 g/mol. The molecule has 1 unspecified atom stereocenters. The zero-order chi connectivity index (χ0) is 18.0. The van der Waals surface area contributed by atoms with E-state index >= 15 is 0 Å². The summed E-state index contributed by atoms with van der Waals surface area (Å²) in [6, 6.07) is 1.00. The van der Waals surface area contributed by atoms with Crippen LogP contribution in [0.1, 0.15) is 25.0 Å². The van der Waals surface area contributed by atoms with Gasteiger partial charge in [-0.15, -0.1) is 0 Å². The smallest absolute Gasteiger partial charge is 0.310 e. The Labute approximate surface area is 141 Å². The fourth-order valence-electron chi connectivity index (χ4n) is 2.84. The lowest BCUT2D eigenvalue weighted by molar-refractivity contribution is -0.385. The van der Waals surface area contributed by atoms with Gasteiger partial charge in [-0.25, -0.2) is 13.5 Å². The summed E-state index contributed by atoms with van der Waals surface area (Å²) in [4.78, 5) is 10.7. The maximum Gasteiger partial charge on any atom is 0.310 e. The molecule has 1 aromatic heterocycles. The Morgan fingerprint density at radius 1 is 1.50 bits per heavy atom.